The molecule has 1 amide bonds. The van der Waals surface area contributed by atoms with E-state index in [0.717, 1.165) is 56.7 Å². The van der Waals surface area contributed by atoms with E-state index >= 15 is 0 Å². The van der Waals surface area contributed by atoms with Crippen molar-refractivity contribution in [2.24, 2.45) is 0 Å². The SMILES string of the molecule is CCCC(=O)N(CC[NH+]1CCOCC1)c1nc2c(F)cc(F)cc2s1. The first-order valence-electron chi connectivity index (χ1n) is 8.55. The lowest BCUT2D eigenvalue weighted by Gasteiger charge is -2.26. The molecule has 0 radical (unpaired) electrons. The predicted molar refractivity (Wildman–Crippen MR) is 93.2 cm³/mol. The van der Waals surface area contributed by atoms with Crippen molar-refractivity contribution in [2.45, 2.75) is 19.8 Å². The summed E-state index contributed by atoms with van der Waals surface area (Å²) in [5.41, 5.74) is 0.120. The minimum absolute atomic E-state index is 0.0323. The highest BCUT2D eigenvalue weighted by Crippen LogP contribution is 2.31. The molecule has 0 unspecified atom stereocenters. The van der Waals surface area contributed by atoms with Crippen LogP contribution >= 0.6 is 11.3 Å². The van der Waals surface area contributed by atoms with E-state index < -0.39 is 11.6 Å². The minimum Gasteiger partial charge on any atom is -0.370 e. The standard InChI is InChI=1S/C17H21F2N3O2S/c1-2-3-15(23)22(5-4-21-6-8-24-9-7-21)17-20-16-13(19)10-12(18)11-14(16)25-17/h10-11H,2-9H2,1H3/p+1. The van der Waals surface area contributed by atoms with Crippen LogP contribution in [-0.2, 0) is 9.53 Å². The highest BCUT2D eigenvalue weighted by molar-refractivity contribution is 7.22. The van der Waals surface area contributed by atoms with Gasteiger partial charge in [0, 0.05) is 12.5 Å². The Kier molecular flexibility index (Phi) is 5.93. The highest BCUT2D eigenvalue weighted by atomic mass is 32.1. The summed E-state index contributed by atoms with van der Waals surface area (Å²) in [5.74, 6) is -1.36. The van der Waals surface area contributed by atoms with E-state index in [1.54, 1.807) is 4.90 Å². The number of fused-ring (bicyclic) bond motifs is 1. The Bertz CT molecular complexity index is 747. The average Bonchev–Trinajstić information content (AvgIpc) is 3.00. The van der Waals surface area contributed by atoms with Gasteiger partial charge in [0.2, 0.25) is 5.91 Å². The smallest absolute Gasteiger partial charge is 0.228 e. The molecule has 0 spiro atoms. The molecule has 1 aliphatic rings. The normalized spacial score (nSPS) is 15.6. The number of nitrogens with one attached hydrogen (secondary N) is 1. The summed E-state index contributed by atoms with van der Waals surface area (Å²) in [6.07, 6.45) is 1.14. The number of aromatic nitrogens is 1. The van der Waals surface area contributed by atoms with Gasteiger partial charge in [-0.3, -0.25) is 9.69 Å². The average molecular weight is 370 g/mol. The molecule has 1 aromatic carbocycles. The molecule has 3 rings (SSSR count). The fourth-order valence-corrected chi connectivity index (χ4v) is 3.97. The molecule has 5 nitrogen and oxygen atoms in total. The van der Waals surface area contributed by atoms with E-state index in [4.69, 9.17) is 4.74 Å². The number of hydrogen-bond donors (Lipinski definition) is 1. The number of nitrogens with zero attached hydrogens (tertiary/aromatic N) is 2. The van der Waals surface area contributed by atoms with Gasteiger partial charge in [-0.05, 0) is 12.5 Å². The predicted octanol–water partition coefficient (Wildman–Crippen LogP) is 1.62. The molecule has 0 aliphatic carbocycles. The Morgan fingerprint density at radius 2 is 2.12 bits per heavy atom. The lowest BCUT2D eigenvalue weighted by atomic mass is 10.3. The number of rotatable bonds is 6. The quantitative estimate of drug-likeness (QED) is 0.841. The van der Waals surface area contributed by atoms with Gasteiger partial charge < -0.3 is 9.64 Å². The zero-order valence-electron chi connectivity index (χ0n) is 14.2. The molecular formula is C17H22F2N3O2S+. The van der Waals surface area contributed by atoms with Gasteiger partial charge in [0.05, 0.1) is 31.0 Å². The van der Waals surface area contributed by atoms with Gasteiger partial charge in [-0.25, -0.2) is 13.8 Å². The summed E-state index contributed by atoms with van der Waals surface area (Å²) >= 11 is 1.15. The van der Waals surface area contributed by atoms with Crippen LogP contribution in [0.3, 0.4) is 0 Å². The summed E-state index contributed by atoms with van der Waals surface area (Å²) in [7, 11) is 0. The van der Waals surface area contributed by atoms with E-state index in [1.807, 2.05) is 6.92 Å². The number of carbonyl (C=O) groups is 1. The zero-order chi connectivity index (χ0) is 17.8. The first kappa shape index (κ1) is 18.2. The van der Waals surface area contributed by atoms with E-state index in [2.05, 4.69) is 4.98 Å². The second-order valence-electron chi connectivity index (χ2n) is 6.14. The number of quaternary nitrogens is 1. The summed E-state index contributed by atoms with van der Waals surface area (Å²) in [6.45, 7) is 6.51. The maximum Gasteiger partial charge on any atom is 0.228 e. The molecule has 1 fully saturated rings. The number of thiazole rings is 1. The van der Waals surface area contributed by atoms with Crippen molar-refractivity contribution in [3.8, 4) is 0 Å². The molecule has 2 heterocycles. The number of benzene rings is 1. The number of carbonyl (C=O) groups excluding carboxylic acids is 1. The molecule has 2 aromatic rings. The molecule has 1 aliphatic heterocycles. The number of ether oxygens (including phenoxy) is 1. The fraction of sp³-hybridized carbons (Fsp3) is 0.529. The molecule has 25 heavy (non-hydrogen) atoms. The number of anilines is 1. The zero-order valence-corrected chi connectivity index (χ0v) is 15.0. The first-order valence-corrected chi connectivity index (χ1v) is 9.37. The van der Waals surface area contributed by atoms with Crippen molar-refractivity contribution in [3.63, 3.8) is 0 Å². The van der Waals surface area contributed by atoms with Crippen LogP contribution in [0.5, 0.6) is 0 Å². The van der Waals surface area contributed by atoms with E-state index in [1.165, 1.54) is 11.0 Å². The van der Waals surface area contributed by atoms with Crippen molar-refractivity contribution < 1.29 is 23.2 Å². The molecular weight excluding hydrogens is 348 g/mol. The molecule has 1 aromatic heterocycles. The highest BCUT2D eigenvalue weighted by Gasteiger charge is 2.23. The van der Waals surface area contributed by atoms with Crippen LogP contribution in [0, 0.1) is 11.6 Å². The third-order valence-corrected chi connectivity index (χ3v) is 5.31. The molecule has 136 valence electrons. The summed E-state index contributed by atoms with van der Waals surface area (Å²) in [4.78, 5) is 19.8. The van der Waals surface area contributed by atoms with Crippen molar-refractivity contribution in [2.75, 3.05) is 44.3 Å². The number of hydrogen-bond acceptors (Lipinski definition) is 4. The lowest BCUT2D eigenvalue weighted by Crippen LogP contribution is -3.14. The van der Waals surface area contributed by atoms with Crippen LogP contribution in [0.25, 0.3) is 10.2 Å². The molecule has 1 saturated heterocycles. The lowest BCUT2D eigenvalue weighted by molar-refractivity contribution is -0.906. The van der Waals surface area contributed by atoms with E-state index in [0.29, 0.717) is 22.8 Å². The maximum absolute atomic E-state index is 13.9. The molecule has 1 N–H and O–H groups in total. The summed E-state index contributed by atoms with van der Waals surface area (Å²) < 4.78 is 33.1. The van der Waals surface area contributed by atoms with Crippen LogP contribution < -0.4 is 9.80 Å². The monoisotopic (exact) mass is 370 g/mol. The third kappa shape index (κ3) is 4.31. The van der Waals surface area contributed by atoms with Crippen LogP contribution in [0.15, 0.2) is 12.1 Å². The molecule has 8 heteroatoms. The first-order chi connectivity index (χ1) is 12.1. The van der Waals surface area contributed by atoms with E-state index in [9.17, 15) is 13.6 Å². The summed E-state index contributed by atoms with van der Waals surface area (Å²) in [6, 6.07) is 2.08. The van der Waals surface area contributed by atoms with Crippen molar-refractivity contribution in [1.29, 1.82) is 0 Å². The van der Waals surface area contributed by atoms with E-state index in [-0.39, 0.29) is 11.4 Å². The van der Waals surface area contributed by atoms with Gasteiger partial charge in [0.25, 0.3) is 0 Å². The fourth-order valence-electron chi connectivity index (χ4n) is 2.92. The van der Waals surface area contributed by atoms with Crippen LogP contribution in [0.1, 0.15) is 19.8 Å². The Labute approximate surface area is 149 Å². The van der Waals surface area contributed by atoms with Gasteiger partial charge in [-0.2, -0.15) is 0 Å². The Morgan fingerprint density at radius 1 is 1.36 bits per heavy atom. The third-order valence-electron chi connectivity index (χ3n) is 4.29. The van der Waals surface area contributed by atoms with Crippen LogP contribution in [0.4, 0.5) is 13.9 Å². The van der Waals surface area contributed by atoms with Crippen molar-refractivity contribution in [3.05, 3.63) is 23.8 Å². The number of amides is 1. The second-order valence-corrected chi connectivity index (χ2v) is 7.15. The van der Waals surface area contributed by atoms with Crippen LogP contribution in [-0.4, -0.2) is 50.3 Å². The van der Waals surface area contributed by atoms with Gasteiger partial charge in [0.1, 0.15) is 24.4 Å². The van der Waals surface area contributed by atoms with Crippen molar-refractivity contribution in [1.82, 2.24) is 4.98 Å². The van der Waals surface area contributed by atoms with Crippen molar-refractivity contribution >= 4 is 32.6 Å². The molecule has 0 bridgehead atoms. The Hall–Kier alpha value is -1.64. The maximum atomic E-state index is 13.9. The summed E-state index contributed by atoms with van der Waals surface area (Å²) in [5, 5.41) is 0.436. The molecule has 0 atom stereocenters. The minimum atomic E-state index is -0.695. The van der Waals surface area contributed by atoms with Gasteiger partial charge >= 0.3 is 0 Å². The second kappa shape index (κ2) is 8.16. The topological polar surface area (TPSA) is 46.9 Å². The van der Waals surface area contributed by atoms with Gasteiger partial charge in [0.15, 0.2) is 10.9 Å². The Balaban J connectivity index is 1.83. The molecule has 0 saturated carbocycles. The van der Waals surface area contributed by atoms with Gasteiger partial charge in [-0.15, -0.1) is 0 Å². The number of halogens is 2. The van der Waals surface area contributed by atoms with Gasteiger partial charge in [-0.1, -0.05) is 18.3 Å². The number of morpholine rings is 1. The largest absolute Gasteiger partial charge is 0.370 e. The van der Waals surface area contributed by atoms with Crippen LogP contribution in [0.2, 0.25) is 0 Å². The Morgan fingerprint density at radius 3 is 2.84 bits per heavy atom.